The van der Waals surface area contributed by atoms with Gasteiger partial charge in [-0.05, 0) is 38.5 Å². The minimum Gasteiger partial charge on any atom is -0.352 e. The molecule has 0 aliphatic rings. The number of thioether (sulfide) groups is 1. The number of amides is 2. The summed E-state index contributed by atoms with van der Waals surface area (Å²) in [6, 6.07) is 13.0. The lowest BCUT2D eigenvalue weighted by Gasteiger charge is -2.29. The average molecular weight is 437 g/mol. The van der Waals surface area contributed by atoms with Crippen LogP contribution in [0.15, 0.2) is 48.5 Å². The number of carbonyl (C=O) groups is 2. The molecule has 0 aromatic heterocycles. The van der Waals surface area contributed by atoms with Crippen molar-refractivity contribution in [1.29, 1.82) is 0 Å². The molecule has 0 spiro atoms. The third-order valence-electron chi connectivity index (χ3n) is 4.34. The van der Waals surface area contributed by atoms with Crippen molar-refractivity contribution in [2.75, 3.05) is 5.75 Å². The standard InChI is InChI=1S/C22H26ClFN2O2S/c1-15(2)25-22(28)16(3)26(12-17-8-5-7-11-20(17)24)21(27)14-29-13-18-9-4-6-10-19(18)23/h4-11,15-16H,12-14H2,1-3H3,(H,25,28)/t16-/m0/s1. The minimum absolute atomic E-state index is 0.0326. The first-order valence-corrected chi connectivity index (χ1v) is 11.0. The highest BCUT2D eigenvalue weighted by atomic mass is 35.5. The van der Waals surface area contributed by atoms with Gasteiger partial charge in [0, 0.05) is 28.9 Å². The first-order chi connectivity index (χ1) is 13.8. The van der Waals surface area contributed by atoms with Crippen LogP contribution in [0.4, 0.5) is 4.39 Å². The Kier molecular flexibility index (Phi) is 8.99. The monoisotopic (exact) mass is 436 g/mol. The number of nitrogens with one attached hydrogen (secondary N) is 1. The summed E-state index contributed by atoms with van der Waals surface area (Å²) in [6.45, 7) is 5.40. The Morgan fingerprint density at radius 2 is 1.69 bits per heavy atom. The normalized spacial score (nSPS) is 11.9. The van der Waals surface area contributed by atoms with E-state index < -0.39 is 11.9 Å². The average Bonchev–Trinajstić information content (AvgIpc) is 2.67. The summed E-state index contributed by atoms with van der Waals surface area (Å²) >= 11 is 7.58. The van der Waals surface area contributed by atoms with E-state index in [1.165, 1.54) is 22.7 Å². The van der Waals surface area contributed by atoms with Gasteiger partial charge in [0.15, 0.2) is 0 Å². The second-order valence-electron chi connectivity index (χ2n) is 7.04. The van der Waals surface area contributed by atoms with E-state index >= 15 is 0 Å². The SMILES string of the molecule is CC(C)NC(=O)[C@H](C)N(Cc1ccccc1F)C(=O)CSCc1ccccc1Cl. The molecule has 0 saturated heterocycles. The third kappa shape index (κ3) is 7.05. The van der Waals surface area contributed by atoms with Crippen LogP contribution in [0.1, 0.15) is 31.9 Å². The Morgan fingerprint density at radius 3 is 2.31 bits per heavy atom. The quantitative estimate of drug-likeness (QED) is 0.622. The topological polar surface area (TPSA) is 49.4 Å². The fourth-order valence-electron chi connectivity index (χ4n) is 2.74. The fourth-order valence-corrected chi connectivity index (χ4v) is 3.94. The summed E-state index contributed by atoms with van der Waals surface area (Å²) in [7, 11) is 0. The predicted octanol–water partition coefficient (Wildman–Crippen LogP) is 4.65. The molecular formula is C22H26ClFN2O2S. The van der Waals surface area contributed by atoms with Gasteiger partial charge in [0.1, 0.15) is 11.9 Å². The lowest BCUT2D eigenvalue weighted by atomic mass is 10.1. The lowest BCUT2D eigenvalue weighted by molar-refractivity contribution is -0.138. The van der Waals surface area contributed by atoms with Crippen LogP contribution in [-0.4, -0.2) is 34.6 Å². The van der Waals surface area contributed by atoms with E-state index in [0.29, 0.717) is 16.3 Å². The van der Waals surface area contributed by atoms with E-state index in [9.17, 15) is 14.0 Å². The van der Waals surface area contributed by atoms with E-state index in [0.717, 1.165) is 5.56 Å². The van der Waals surface area contributed by atoms with Crippen LogP contribution in [0, 0.1) is 5.82 Å². The third-order valence-corrected chi connectivity index (χ3v) is 5.67. The van der Waals surface area contributed by atoms with Crippen molar-refractivity contribution in [2.45, 2.75) is 45.2 Å². The van der Waals surface area contributed by atoms with Crippen molar-refractivity contribution in [3.05, 3.63) is 70.5 Å². The summed E-state index contributed by atoms with van der Waals surface area (Å²) in [4.78, 5) is 26.9. The number of benzene rings is 2. The molecule has 1 atom stereocenters. The Hall–Kier alpha value is -2.05. The van der Waals surface area contributed by atoms with Crippen LogP contribution in [0.3, 0.4) is 0 Å². The molecule has 0 radical (unpaired) electrons. The van der Waals surface area contributed by atoms with Crippen molar-refractivity contribution in [1.82, 2.24) is 10.2 Å². The molecule has 0 aliphatic heterocycles. The molecule has 0 saturated carbocycles. The van der Waals surface area contributed by atoms with Gasteiger partial charge in [-0.25, -0.2) is 4.39 Å². The number of nitrogens with zero attached hydrogens (tertiary/aromatic N) is 1. The molecule has 7 heteroatoms. The summed E-state index contributed by atoms with van der Waals surface area (Å²) < 4.78 is 14.1. The largest absolute Gasteiger partial charge is 0.352 e. The maximum absolute atomic E-state index is 14.1. The zero-order valence-corrected chi connectivity index (χ0v) is 18.4. The minimum atomic E-state index is -0.717. The van der Waals surface area contributed by atoms with Crippen molar-refractivity contribution in [2.24, 2.45) is 0 Å². The zero-order valence-electron chi connectivity index (χ0n) is 16.8. The Labute approximate surface area is 180 Å². The molecule has 0 fully saturated rings. The Bertz CT molecular complexity index is 847. The molecule has 29 heavy (non-hydrogen) atoms. The van der Waals surface area contributed by atoms with Gasteiger partial charge in [-0.3, -0.25) is 9.59 Å². The molecule has 2 rings (SSSR count). The predicted molar refractivity (Wildman–Crippen MR) is 117 cm³/mol. The first kappa shape index (κ1) is 23.2. The van der Waals surface area contributed by atoms with Crippen LogP contribution >= 0.6 is 23.4 Å². The Balaban J connectivity index is 2.10. The molecule has 2 aromatic carbocycles. The van der Waals surface area contributed by atoms with Crippen LogP contribution in [-0.2, 0) is 21.9 Å². The molecule has 2 amide bonds. The van der Waals surface area contributed by atoms with Gasteiger partial charge in [0.2, 0.25) is 11.8 Å². The van der Waals surface area contributed by atoms with E-state index in [1.807, 2.05) is 38.1 Å². The fraction of sp³-hybridized carbons (Fsp3) is 0.364. The molecule has 156 valence electrons. The second-order valence-corrected chi connectivity index (χ2v) is 8.43. The highest BCUT2D eigenvalue weighted by molar-refractivity contribution is 7.99. The second kappa shape index (κ2) is 11.2. The molecule has 4 nitrogen and oxygen atoms in total. The molecule has 1 N–H and O–H groups in total. The summed E-state index contributed by atoms with van der Waals surface area (Å²) in [5.41, 5.74) is 1.32. The Morgan fingerprint density at radius 1 is 1.07 bits per heavy atom. The maximum atomic E-state index is 14.1. The number of rotatable bonds is 9. The first-order valence-electron chi connectivity index (χ1n) is 9.44. The van der Waals surface area contributed by atoms with Crippen molar-refractivity contribution < 1.29 is 14.0 Å². The molecule has 0 unspecified atom stereocenters. The van der Waals surface area contributed by atoms with Gasteiger partial charge in [-0.15, -0.1) is 11.8 Å². The van der Waals surface area contributed by atoms with E-state index in [2.05, 4.69) is 5.32 Å². The van der Waals surface area contributed by atoms with Crippen LogP contribution < -0.4 is 5.32 Å². The van der Waals surface area contributed by atoms with Gasteiger partial charge >= 0.3 is 0 Å². The van der Waals surface area contributed by atoms with Crippen LogP contribution in [0.5, 0.6) is 0 Å². The lowest BCUT2D eigenvalue weighted by Crippen LogP contribution is -2.49. The van der Waals surface area contributed by atoms with E-state index in [-0.39, 0.29) is 30.2 Å². The highest BCUT2D eigenvalue weighted by Crippen LogP contribution is 2.22. The molecule has 0 aliphatic carbocycles. The van der Waals surface area contributed by atoms with Crippen molar-refractivity contribution in [3.63, 3.8) is 0 Å². The van der Waals surface area contributed by atoms with E-state index in [4.69, 9.17) is 11.6 Å². The summed E-state index contributed by atoms with van der Waals surface area (Å²) in [5.74, 6) is -0.146. The molecular weight excluding hydrogens is 411 g/mol. The van der Waals surface area contributed by atoms with Crippen LogP contribution in [0.25, 0.3) is 0 Å². The maximum Gasteiger partial charge on any atom is 0.242 e. The van der Waals surface area contributed by atoms with Gasteiger partial charge in [-0.1, -0.05) is 48.0 Å². The van der Waals surface area contributed by atoms with Gasteiger partial charge in [0.25, 0.3) is 0 Å². The van der Waals surface area contributed by atoms with Gasteiger partial charge in [-0.2, -0.15) is 0 Å². The highest BCUT2D eigenvalue weighted by Gasteiger charge is 2.27. The van der Waals surface area contributed by atoms with Crippen molar-refractivity contribution in [3.8, 4) is 0 Å². The molecule has 2 aromatic rings. The number of hydrogen-bond donors (Lipinski definition) is 1. The van der Waals surface area contributed by atoms with E-state index in [1.54, 1.807) is 25.1 Å². The summed E-state index contributed by atoms with van der Waals surface area (Å²) in [6.07, 6.45) is 0. The van der Waals surface area contributed by atoms with Gasteiger partial charge < -0.3 is 10.2 Å². The smallest absolute Gasteiger partial charge is 0.242 e. The molecule has 0 heterocycles. The van der Waals surface area contributed by atoms with Gasteiger partial charge in [0.05, 0.1) is 5.75 Å². The summed E-state index contributed by atoms with van der Waals surface area (Å²) in [5, 5.41) is 3.47. The number of carbonyl (C=O) groups excluding carboxylic acids is 2. The van der Waals surface area contributed by atoms with Crippen molar-refractivity contribution >= 4 is 35.2 Å². The molecule has 0 bridgehead atoms. The van der Waals surface area contributed by atoms with Crippen LogP contribution in [0.2, 0.25) is 5.02 Å². The number of hydrogen-bond acceptors (Lipinski definition) is 3. The zero-order chi connectivity index (χ0) is 21.4. The number of halogens is 2.